The lowest BCUT2D eigenvalue weighted by Crippen LogP contribution is -2.45. The molecule has 1 aromatic heterocycles. The number of aromatic carboxylic acids is 1. The number of benzene rings is 1. The molecule has 0 unspecified atom stereocenters. The zero-order chi connectivity index (χ0) is 18.0. The number of aromatic nitrogens is 2. The summed E-state index contributed by atoms with van der Waals surface area (Å²) >= 11 is 0. The lowest BCUT2D eigenvalue weighted by molar-refractivity contribution is -0.169. The summed E-state index contributed by atoms with van der Waals surface area (Å²) in [5, 5.41) is 12.1. The van der Waals surface area contributed by atoms with Crippen molar-refractivity contribution in [1.82, 2.24) is 9.97 Å². The molecule has 0 amide bonds. The normalized spacial score (nSPS) is 18.8. The zero-order valence-electron chi connectivity index (χ0n) is 14.2. The Morgan fingerprint density at radius 1 is 1.12 bits per heavy atom. The van der Waals surface area contributed by atoms with Crippen LogP contribution in [0.2, 0.25) is 0 Å². The highest BCUT2D eigenvalue weighted by Gasteiger charge is 2.40. The van der Waals surface area contributed by atoms with Gasteiger partial charge in [-0.1, -0.05) is 0 Å². The van der Waals surface area contributed by atoms with Crippen molar-refractivity contribution in [3.63, 3.8) is 0 Å². The van der Waals surface area contributed by atoms with Crippen molar-refractivity contribution < 1.29 is 19.4 Å². The third-order valence-electron chi connectivity index (χ3n) is 4.72. The molecule has 2 saturated heterocycles. The number of carbonyl (C=O) groups is 1. The van der Waals surface area contributed by atoms with Gasteiger partial charge >= 0.3 is 5.97 Å². The van der Waals surface area contributed by atoms with Crippen LogP contribution in [0.15, 0.2) is 36.7 Å². The fourth-order valence-corrected chi connectivity index (χ4v) is 3.29. The molecular formula is C18H20N4O4. The molecule has 1 spiro atoms. The Bertz CT molecular complexity index is 780. The molecule has 26 heavy (non-hydrogen) atoms. The van der Waals surface area contributed by atoms with Crippen molar-refractivity contribution in [3.05, 3.63) is 42.2 Å². The zero-order valence-corrected chi connectivity index (χ0v) is 14.2. The number of nitrogens with zero attached hydrogens (tertiary/aromatic N) is 3. The largest absolute Gasteiger partial charge is 0.478 e. The van der Waals surface area contributed by atoms with Crippen LogP contribution in [0.5, 0.6) is 0 Å². The molecule has 8 heteroatoms. The van der Waals surface area contributed by atoms with E-state index in [1.807, 2.05) is 6.07 Å². The number of hydrogen-bond acceptors (Lipinski definition) is 7. The maximum Gasteiger partial charge on any atom is 0.335 e. The Balaban J connectivity index is 1.42. The van der Waals surface area contributed by atoms with E-state index in [1.54, 1.807) is 24.3 Å². The lowest BCUT2D eigenvalue weighted by atomic mass is 10.0. The maximum absolute atomic E-state index is 10.9. The third kappa shape index (κ3) is 3.47. The first-order chi connectivity index (χ1) is 12.6. The van der Waals surface area contributed by atoms with E-state index in [0.29, 0.717) is 19.0 Å². The van der Waals surface area contributed by atoms with Crippen LogP contribution in [0.4, 0.5) is 17.3 Å². The number of ether oxygens (including phenoxy) is 2. The highest BCUT2D eigenvalue weighted by Crippen LogP contribution is 2.33. The molecule has 2 fully saturated rings. The minimum atomic E-state index is -0.945. The number of carboxylic acid groups (broad SMARTS) is 1. The summed E-state index contributed by atoms with van der Waals surface area (Å²) in [6.45, 7) is 2.96. The van der Waals surface area contributed by atoms with E-state index in [1.165, 1.54) is 6.33 Å². The monoisotopic (exact) mass is 356 g/mol. The average Bonchev–Trinajstić information content (AvgIpc) is 3.11. The number of nitrogens with one attached hydrogen (secondary N) is 1. The van der Waals surface area contributed by atoms with Crippen molar-refractivity contribution >= 4 is 23.3 Å². The summed E-state index contributed by atoms with van der Waals surface area (Å²) < 4.78 is 11.5. The van der Waals surface area contributed by atoms with Crippen LogP contribution < -0.4 is 10.2 Å². The first kappa shape index (κ1) is 16.7. The van der Waals surface area contributed by atoms with E-state index in [9.17, 15) is 4.79 Å². The summed E-state index contributed by atoms with van der Waals surface area (Å²) in [6.07, 6.45) is 3.16. The van der Waals surface area contributed by atoms with Crippen molar-refractivity contribution in [2.24, 2.45) is 0 Å². The Labute approximate surface area is 150 Å². The molecule has 3 heterocycles. The van der Waals surface area contributed by atoms with Gasteiger partial charge in [0.25, 0.3) is 0 Å². The predicted molar refractivity (Wildman–Crippen MR) is 94.8 cm³/mol. The summed E-state index contributed by atoms with van der Waals surface area (Å²) in [7, 11) is 0. The molecule has 8 nitrogen and oxygen atoms in total. The van der Waals surface area contributed by atoms with Crippen molar-refractivity contribution in [1.29, 1.82) is 0 Å². The quantitative estimate of drug-likeness (QED) is 0.861. The van der Waals surface area contributed by atoms with Gasteiger partial charge in [-0.3, -0.25) is 0 Å². The number of piperidine rings is 1. The standard InChI is InChI=1S/C18H20N4O4/c23-17(24)13-1-3-14(4-2-13)21-15-11-16(20-12-19-15)22-7-5-18(6-8-22)25-9-10-26-18/h1-4,11-12H,5-10H2,(H,23,24)(H,19,20,21). The number of carboxylic acids is 1. The maximum atomic E-state index is 10.9. The second-order valence-electron chi connectivity index (χ2n) is 6.36. The number of anilines is 3. The van der Waals surface area contributed by atoms with Gasteiger partial charge in [0, 0.05) is 37.7 Å². The van der Waals surface area contributed by atoms with Gasteiger partial charge in [0.1, 0.15) is 18.0 Å². The van der Waals surface area contributed by atoms with Gasteiger partial charge in [-0.25, -0.2) is 14.8 Å². The molecule has 0 radical (unpaired) electrons. The molecule has 0 saturated carbocycles. The highest BCUT2D eigenvalue weighted by atomic mass is 16.7. The van der Waals surface area contributed by atoms with Crippen LogP contribution in [0.3, 0.4) is 0 Å². The van der Waals surface area contributed by atoms with E-state index in [4.69, 9.17) is 14.6 Å². The van der Waals surface area contributed by atoms with Crippen LogP contribution in [-0.2, 0) is 9.47 Å². The van der Waals surface area contributed by atoms with Crippen LogP contribution in [0.1, 0.15) is 23.2 Å². The van der Waals surface area contributed by atoms with Gasteiger partial charge in [0.2, 0.25) is 0 Å². The molecule has 2 aliphatic rings. The van der Waals surface area contributed by atoms with Gasteiger partial charge in [-0.2, -0.15) is 0 Å². The fraction of sp³-hybridized carbons (Fsp3) is 0.389. The molecule has 2 N–H and O–H groups in total. The van der Waals surface area contributed by atoms with Crippen molar-refractivity contribution in [3.8, 4) is 0 Å². The van der Waals surface area contributed by atoms with E-state index in [-0.39, 0.29) is 5.56 Å². The minimum absolute atomic E-state index is 0.248. The first-order valence-electron chi connectivity index (χ1n) is 8.59. The third-order valence-corrected chi connectivity index (χ3v) is 4.72. The van der Waals surface area contributed by atoms with E-state index in [2.05, 4.69) is 20.2 Å². The van der Waals surface area contributed by atoms with Crippen LogP contribution >= 0.6 is 0 Å². The molecule has 0 bridgehead atoms. The molecule has 0 atom stereocenters. The van der Waals surface area contributed by atoms with Gasteiger partial charge in [0.15, 0.2) is 5.79 Å². The molecule has 4 rings (SSSR count). The second-order valence-corrected chi connectivity index (χ2v) is 6.36. The van der Waals surface area contributed by atoms with Gasteiger partial charge in [-0.05, 0) is 24.3 Å². The SMILES string of the molecule is O=C(O)c1ccc(Nc2cc(N3CCC4(CC3)OCCO4)ncn2)cc1. The van der Waals surface area contributed by atoms with Crippen molar-refractivity contribution in [2.75, 3.05) is 36.5 Å². The van der Waals surface area contributed by atoms with Crippen LogP contribution in [-0.4, -0.2) is 53.1 Å². The van der Waals surface area contributed by atoms with Crippen molar-refractivity contribution in [2.45, 2.75) is 18.6 Å². The van der Waals surface area contributed by atoms with Gasteiger partial charge in [0.05, 0.1) is 18.8 Å². The summed E-state index contributed by atoms with van der Waals surface area (Å²) in [5.74, 6) is 0.152. The van der Waals surface area contributed by atoms with Crippen LogP contribution in [0.25, 0.3) is 0 Å². The molecular weight excluding hydrogens is 336 g/mol. The second kappa shape index (κ2) is 6.89. The molecule has 2 aromatic rings. The number of hydrogen-bond donors (Lipinski definition) is 2. The Morgan fingerprint density at radius 3 is 2.46 bits per heavy atom. The van der Waals surface area contributed by atoms with Crippen LogP contribution in [0, 0.1) is 0 Å². The molecule has 136 valence electrons. The summed E-state index contributed by atoms with van der Waals surface area (Å²) in [5.41, 5.74) is 1.02. The van der Waals surface area contributed by atoms with E-state index < -0.39 is 11.8 Å². The Morgan fingerprint density at radius 2 is 1.81 bits per heavy atom. The predicted octanol–water partition coefficient (Wildman–Crippen LogP) is 2.26. The first-order valence-corrected chi connectivity index (χ1v) is 8.59. The average molecular weight is 356 g/mol. The fourth-order valence-electron chi connectivity index (χ4n) is 3.29. The highest BCUT2D eigenvalue weighted by molar-refractivity contribution is 5.88. The lowest BCUT2D eigenvalue weighted by Gasteiger charge is -2.38. The smallest absolute Gasteiger partial charge is 0.335 e. The topological polar surface area (TPSA) is 96.8 Å². The number of rotatable bonds is 4. The Hall–Kier alpha value is -2.71. The Kier molecular flexibility index (Phi) is 4.44. The summed E-state index contributed by atoms with van der Waals surface area (Å²) in [6, 6.07) is 8.42. The van der Waals surface area contributed by atoms with E-state index in [0.717, 1.165) is 37.4 Å². The minimum Gasteiger partial charge on any atom is -0.478 e. The van der Waals surface area contributed by atoms with Gasteiger partial charge < -0.3 is 24.8 Å². The molecule has 1 aromatic carbocycles. The molecule has 0 aliphatic carbocycles. The van der Waals surface area contributed by atoms with Gasteiger partial charge in [-0.15, -0.1) is 0 Å². The summed E-state index contributed by atoms with van der Waals surface area (Å²) in [4.78, 5) is 21.7. The molecule has 2 aliphatic heterocycles. The van der Waals surface area contributed by atoms with E-state index >= 15 is 0 Å².